The molecule has 16 heavy (non-hydrogen) atoms. The Morgan fingerprint density at radius 3 is 2.56 bits per heavy atom. The molecule has 0 fully saturated rings. The minimum atomic E-state index is -0.616. The van der Waals surface area contributed by atoms with Gasteiger partial charge in [0, 0.05) is 6.07 Å². The number of hydrogen-bond acceptors (Lipinski definition) is 4. The number of phenols is 1. The molecule has 0 bridgehead atoms. The molecule has 0 atom stereocenters. The molecule has 6 heteroatoms. The van der Waals surface area contributed by atoms with E-state index in [4.69, 9.17) is 16.6 Å². The molecule has 1 aromatic carbocycles. The minimum Gasteiger partial charge on any atom is -0.508 e. The van der Waals surface area contributed by atoms with Gasteiger partial charge in [0.2, 0.25) is 0 Å². The van der Waals surface area contributed by atoms with Gasteiger partial charge in [-0.3, -0.25) is 0 Å². The summed E-state index contributed by atoms with van der Waals surface area (Å²) in [5.41, 5.74) is 12.3. The highest BCUT2D eigenvalue weighted by Crippen LogP contribution is 2.25. The molecule has 0 saturated carbocycles. The Morgan fingerprint density at radius 1 is 1.38 bits per heavy atom. The molecular formula is C10H11FN4O. The van der Waals surface area contributed by atoms with Crippen LogP contribution in [0.25, 0.3) is 5.69 Å². The van der Waals surface area contributed by atoms with Gasteiger partial charge < -0.3 is 16.6 Å². The molecule has 0 aliphatic heterocycles. The van der Waals surface area contributed by atoms with Crippen molar-refractivity contribution < 1.29 is 9.50 Å². The van der Waals surface area contributed by atoms with Crippen LogP contribution in [0.4, 0.5) is 15.9 Å². The number of phenolic OH excluding ortho intramolecular Hbond substituents is 1. The van der Waals surface area contributed by atoms with Gasteiger partial charge in [-0.15, -0.1) is 0 Å². The second-order valence-corrected chi connectivity index (χ2v) is 3.43. The molecule has 0 aliphatic rings. The van der Waals surface area contributed by atoms with Gasteiger partial charge in [-0.25, -0.2) is 9.07 Å². The first-order valence-electron chi connectivity index (χ1n) is 4.60. The molecule has 1 heterocycles. The lowest BCUT2D eigenvalue weighted by Gasteiger charge is -2.05. The van der Waals surface area contributed by atoms with Gasteiger partial charge >= 0.3 is 0 Å². The summed E-state index contributed by atoms with van der Waals surface area (Å²) in [7, 11) is 0. The molecule has 0 aliphatic carbocycles. The third-order valence-corrected chi connectivity index (χ3v) is 2.30. The highest BCUT2D eigenvalue weighted by Gasteiger charge is 2.14. The average Bonchev–Trinajstić information content (AvgIpc) is 2.46. The van der Waals surface area contributed by atoms with E-state index >= 15 is 0 Å². The quantitative estimate of drug-likeness (QED) is 0.676. The molecule has 2 rings (SSSR count). The van der Waals surface area contributed by atoms with Crippen molar-refractivity contribution in [3.8, 4) is 11.4 Å². The molecule has 0 radical (unpaired) electrons. The van der Waals surface area contributed by atoms with E-state index in [9.17, 15) is 4.39 Å². The predicted molar refractivity (Wildman–Crippen MR) is 58.7 cm³/mol. The zero-order valence-corrected chi connectivity index (χ0v) is 8.61. The molecule has 5 N–H and O–H groups in total. The number of nitrogens with zero attached hydrogens (tertiary/aromatic N) is 2. The lowest BCUT2D eigenvalue weighted by Crippen LogP contribution is -2.04. The second-order valence-electron chi connectivity index (χ2n) is 3.43. The molecule has 84 valence electrons. The van der Waals surface area contributed by atoms with E-state index in [2.05, 4.69) is 5.10 Å². The van der Waals surface area contributed by atoms with Crippen molar-refractivity contribution in [1.29, 1.82) is 0 Å². The van der Waals surface area contributed by atoms with Crippen LogP contribution in [0.5, 0.6) is 5.75 Å². The maximum absolute atomic E-state index is 13.5. The fourth-order valence-electron chi connectivity index (χ4n) is 1.41. The number of benzene rings is 1. The van der Waals surface area contributed by atoms with Crippen LogP contribution in [-0.2, 0) is 0 Å². The Balaban J connectivity index is 2.63. The van der Waals surface area contributed by atoms with Crippen LogP contribution in [0.2, 0.25) is 0 Å². The molecule has 0 saturated heterocycles. The minimum absolute atomic E-state index is 0.148. The monoisotopic (exact) mass is 222 g/mol. The van der Waals surface area contributed by atoms with Crippen LogP contribution < -0.4 is 11.5 Å². The van der Waals surface area contributed by atoms with Crippen LogP contribution in [0.3, 0.4) is 0 Å². The number of aromatic nitrogens is 2. The predicted octanol–water partition coefficient (Wildman–Crippen LogP) is 1.19. The average molecular weight is 222 g/mol. The first-order chi connectivity index (χ1) is 7.50. The van der Waals surface area contributed by atoms with Crippen molar-refractivity contribution in [1.82, 2.24) is 9.78 Å². The van der Waals surface area contributed by atoms with E-state index in [1.54, 1.807) is 6.92 Å². The van der Waals surface area contributed by atoms with Crippen molar-refractivity contribution in [3.05, 3.63) is 29.7 Å². The third kappa shape index (κ3) is 1.44. The van der Waals surface area contributed by atoms with Crippen molar-refractivity contribution in [3.63, 3.8) is 0 Å². The first-order valence-corrected chi connectivity index (χ1v) is 4.60. The summed E-state index contributed by atoms with van der Waals surface area (Å²) in [4.78, 5) is 0. The second kappa shape index (κ2) is 3.41. The third-order valence-electron chi connectivity index (χ3n) is 2.30. The summed E-state index contributed by atoms with van der Waals surface area (Å²) in [6.07, 6.45) is 0. The maximum atomic E-state index is 13.5. The largest absolute Gasteiger partial charge is 0.508 e. The summed E-state index contributed by atoms with van der Waals surface area (Å²) < 4.78 is 14.7. The van der Waals surface area contributed by atoms with E-state index in [1.165, 1.54) is 16.8 Å². The zero-order valence-electron chi connectivity index (χ0n) is 8.61. The van der Waals surface area contributed by atoms with Crippen molar-refractivity contribution in [2.75, 3.05) is 11.5 Å². The van der Waals surface area contributed by atoms with Gasteiger partial charge in [0.05, 0.1) is 11.4 Å². The van der Waals surface area contributed by atoms with Crippen LogP contribution >= 0.6 is 0 Å². The number of aromatic hydroxyl groups is 1. The van der Waals surface area contributed by atoms with Gasteiger partial charge in [0.1, 0.15) is 11.4 Å². The summed E-state index contributed by atoms with van der Waals surface area (Å²) in [5, 5.41) is 13.1. The lowest BCUT2D eigenvalue weighted by molar-refractivity contribution is 0.468. The number of aryl methyl sites for hydroxylation is 1. The van der Waals surface area contributed by atoms with Gasteiger partial charge in [-0.05, 0) is 19.1 Å². The molecule has 5 nitrogen and oxygen atoms in total. The van der Waals surface area contributed by atoms with Crippen molar-refractivity contribution >= 4 is 11.5 Å². The van der Waals surface area contributed by atoms with Gasteiger partial charge in [-0.1, -0.05) is 0 Å². The van der Waals surface area contributed by atoms with Gasteiger partial charge in [0.25, 0.3) is 0 Å². The summed E-state index contributed by atoms with van der Waals surface area (Å²) in [6.45, 7) is 1.68. The fourth-order valence-corrected chi connectivity index (χ4v) is 1.41. The van der Waals surface area contributed by atoms with Crippen LogP contribution in [-0.4, -0.2) is 14.9 Å². The standard InChI is InChI=1S/C10H11FN4O/c1-5-9(12)10(13)15(14-5)8-3-2-6(16)4-7(8)11/h2-4,16H,12-13H2,1H3. The van der Waals surface area contributed by atoms with E-state index in [-0.39, 0.29) is 17.3 Å². The molecular weight excluding hydrogens is 211 g/mol. The van der Waals surface area contributed by atoms with Crippen molar-refractivity contribution in [2.45, 2.75) is 6.92 Å². The van der Waals surface area contributed by atoms with E-state index in [0.29, 0.717) is 11.4 Å². The van der Waals surface area contributed by atoms with Crippen LogP contribution in [0.1, 0.15) is 5.69 Å². The van der Waals surface area contributed by atoms with E-state index < -0.39 is 5.82 Å². The Hall–Kier alpha value is -2.24. The summed E-state index contributed by atoms with van der Waals surface area (Å²) in [6, 6.07) is 3.72. The molecule has 0 amide bonds. The van der Waals surface area contributed by atoms with E-state index in [0.717, 1.165) is 6.07 Å². The fraction of sp³-hybridized carbons (Fsp3) is 0.100. The summed E-state index contributed by atoms with van der Waals surface area (Å²) >= 11 is 0. The molecule has 2 aromatic rings. The van der Waals surface area contributed by atoms with Gasteiger partial charge in [0.15, 0.2) is 11.6 Å². The number of rotatable bonds is 1. The smallest absolute Gasteiger partial charge is 0.152 e. The summed E-state index contributed by atoms with van der Waals surface area (Å²) in [5.74, 6) is -0.590. The molecule has 0 spiro atoms. The Bertz CT molecular complexity index is 550. The number of anilines is 2. The SMILES string of the molecule is Cc1nn(-c2ccc(O)cc2F)c(N)c1N. The van der Waals surface area contributed by atoms with E-state index in [1.807, 2.05) is 0 Å². The van der Waals surface area contributed by atoms with Gasteiger partial charge in [-0.2, -0.15) is 5.10 Å². The maximum Gasteiger partial charge on any atom is 0.152 e. The molecule has 1 aromatic heterocycles. The number of nitrogens with two attached hydrogens (primary N) is 2. The Morgan fingerprint density at radius 2 is 2.06 bits per heavy atom. The van der Waals surface area contributed by atoms with Crippen LogP contribution in [0.15, 0.2) is 18.2 Å². The normalized spacial score (nSPS) is 10.6. The number of nitrogen functional groups attached to an aromatic ring is 2. The number of hydrogen-bond donors (Lipinski definition) is 3. The lowest BCUT2D eigenvalue weighted by atomic mass is 10.3. The number of halogens is 1. The highest BCUT2D eigenvalue weighted by molar-refractivity contribution is 5.64. The zero-order chi connectivity index (χ0) is 11.9. The Labute approximate surface area is 91.1 Å². The highest BCUT2D eigenvalue weighted by atomic mass is 19.1. The topological polar surface area (TPSA) is 90.1 Å². The first kappa shape index (κ1) is 10.3. The Kier molecular flexibility index (Phi) is 2.19. The van der Waals surface area contributed by atoms with Crippen LogP contribution in [0, 0.1) is 12.7 Å². The van der Waals surface area contributed by atoms with Crippen molar-refractivity contribution in [2.24, 2.45) is 0 Å². The molecule has 0 unspecified atom stereocenters.